The molecule has 1 heterocycles. The number of carbonyl (C=O) groups excluding carboxylic acids is 1. The fourth-order valence-corrected chi connectivity index (χ4v) is 1.82. The topological polar surface area (TPSA) is 44.4 Å². The van der Waals surface area contributed by atoms with Crippen LogP contribution in [0.2, 0.25) is 0 Å². The summed E-state index contributed by atoms with van der Waals surface area (Å²) in [6.07, 6.45) is 0.995. The Morgan fingerprint density at radius 3 is 2.73 bits per heavy atom. The third-order valence-corrected chi connectivity index (χ3v) is 2.83. The van der Waals surface area contributed by atoms with E-state index in [1.54, 1.807) is 0 Å². The second-order valence-corrected chi connectivity index (χ2v) is 5.21. The highest BCUT2D eigenvalue weighted by molar-refractivity contribution is 5.79. The molecular weight excluding hydrogens is 190 g/mol. The highest BCUT2D eigenvalue weighted by atomic mass is 16.2. The van der Waals surface area contributed by atoms with E-state index in [1.807, 2.05) is 7.05 Å². The fraction of sp³-hybridized carbons (Fsp3) is 0.909. The van der Waals surface area contributed by atoms with Crippen molar-refractivity contribution in [1.29, 1.82) is 0 Å². The Kier molecular flexibility index (Phi) is 4.11. The average molecular weight is 213 g/mol. The molecule has 0 spiro atoms. The first-order chi connectivity index (χ1) is 6.93. The Bertz CT molecular complexity index is 222. The Morgan fingerprint density at radius 1 is 1.53 bits per heavy atom. The van der Waals surface area contributed by atoms with Gasteiger partial charge >= 0.3 is 0 Å². The molecule has 1 amide bonds. The van der Waals surface area contributed by atoms with Crippen LogP contribution < -0.4 is 10.6 Å². The number of rotatable bonds is 3. The molecule has 88 valence electrons. The number of piperazine rings is 1. The number of hydrogen-bond acceptors (Lipinski definition) is 3. The van der Waals surface area contributed by atoms with Crippen molar-refractivity contribution in [3.8, 4) is 0 Å². The quantitative estimate of drug-likeness (QED) is 0.703. The van der Waals surface area contributed by atoms with E-state index in [4.69, 9.17) is 0 Å². The monoisotopic (exact) mass is 213 g/mol. The minimum atomic E-state index is 0.0790. The van der Waals surface area contributed by atoms with Crippen molar-refractivity contribution >= 4 is 5.91 Å². The van der Waals surface area contributed by atoms with Crippen LogP contribution in [0.5, 0.6) is 0 Å². The van der Waals surface area contributed by atoms with Gasteiger partial charge in [-0.15, -0.1) is 0 Å². The molecule has 0 saturated carbocycles. The summed E-state index contributed by atoms with van der Waals surface area (Å²) in [6.45, 7) is 8.89. The van der Waals surface area contributed by atoms with Gasteiger partial charge in [0.05, 0.1) is 6.54 Å². The van der Waals surface area contributed by atoms with Crippen LogP contribution in [0.3, 0.4) is 0 Å². The van der Waals surface area contributed by atoms with Gasteiger partial charge in [-0.05, 0) is 40.8 Å². The molecule has 15 heavy (non-hydrogen) atoms. The van der Waals surface area contributed by atoms with E-state index >= 15 is 0 Å². The molecule has 0 aromatic carbocycles. The Labute approximate surface area is 92.4 Å². The lowest BCUT2D eigenvalue weighted by molar-refractivity contribution is -0.127. The van der Waals surface area contributed by atoms with Crippen molar-refractivity contribution in [3.63, 3.8) is 0 Å². The van der Waals surface area contributed by atoms with Crippen molar-refractivity contribution in [1.82, 2.24) is 15.5 Å². The number of hydrogen-bond donors (Lipinski definition) is 2. The van der Waals surface area contributed by atoms with Gasteiger partial charge in [0.25, 0.3) is 0 Å². The summed E-state index contributed by atoms with van der Waals surface area (Å²) < 4.78 is 0. The lowest BCUT2D eigenvalue weighted by Gasteiger charge is -2.41. The molecule has 1 aliphatic rings. The van der Waals surface area contributed by atoms with Crippen molar-refractivity contribution in [2.24, 2.45) is 0 Å². The molecule has 1 aliphatic heterocycles. The molecule has 4 nitrogen and oxygen atoms in total. The van der Waals surface area contributed by atoms with Crippen molar-refractivity contribution in [3.05, 3.63) is 0 Å². The molecule has 1 fully saturated rings. The lowest BCUT2D eigenvalue weighted by atomic mass is 10.0. The molecule has 2 N–H and O–H groups in total. The maximum atomic E-state index is 11.5. The maximum Gasteiger partial charge on any atom is 0.234 e. The molecule has 1 unspecified atom stereocenters. The normalized spacial score (nSPS) is 24.0. The summed E-state index contributed by atoms with van der Waals surface area (Å²) in [6, 6.07) is 0.290. The van der Waals surface area contributed by atoms with Crippen LogP contribution in [0.1, 0.15) is 27.2 Å². The first-order valence-electron chi connectivity index (χ1n) is 5.62. The standard InChI is InChI=1S/C11H23N3O/c1-11(2,3)14-7-9(5-6-12-4)13-10(15)8-14/h9,12H,5-8H2,1-4H3,(H,13,15). The van der Waals surface area contributed by atoms with Crippen LogP contribution in [0.15, 0.2) is 0 Å². The number of nitrogens with zero attached hydrogens (tertiary/aromatic N) is 1. The summed E-state index contributed by atoms with van der Waals surface area (Å²) in [5.41, 5.74) is 0.0790. The zero-order valence-electron chi connectivity index (χ0n) is 10.3. The van der Waals surface area contributed by atoms with Crippen LogP contribution in [-0.2, 0) is 4.79 Å². The maximum absolute atomic E-state index is 11.5. The van der Waals surface area contributed by atoms with Gasteiger partial charge in [0.2, 0.25) is 5.91 Å². The van der Waals surface area contributed by atoms with Gasteiger partial charge in [0.15, 0.2) is 0 Å². The van der Waals surface area contributed by atoms with Crippen LogP contribution in [0.4, 0.5) is 0 Å². The van der Waals surface area contributed by atoms with Gasteiger partial charge in [-0.25, -0.2) is 0 Å². The van der Waals surface area contributed by atoms with Gasteiger partial charge in [0, 0.05) is 18.1 Å². The number of amides is 1. The Hall–Kier alpha value is -0.610. The van der Waals surface area contributed by atoms with E-state index in [0.29, 0.717) is 6.54 Å². The molecular formula is C11H23N3O. The highest BCUT2D eigenvalue weighted by Gasteiger charge is 2.30. The van der Waals surface area contributed by atoms with E-state index in [9.17, 15) is 4.79 Å². The fourth-order valence-electron chi connectivity index (χ4n) is 1.82. The van der Waals surface area contributed by atoms with E-state index in [0.717, 1.165) is 19.5 Å². The predicted molar refractivity (Wildman–Crippen MR) is 61.8 cm³/mol. The van der Waals surface area contributed by atoms with Gasteiger partial charge in [-0.2, -0.15) is 0 Å². The SMILES string of the molecule is CNCCC1CN(C(C)(C)C)CC(=O)N1. The molecule has 4 heteroatoms. The largest absolute Gasteiger partial charge is 0.351 e. The summed E-state index contributed by atoms with van der Waals surface area (Å²) in [4.78, 5) is 13.8. The van der Waals surface area contributed by atoms with E-state index in [1.165, 1.54) is 0 Å². The summed E-state index contributed by atoms with van der Waals surface area (Å²) >= 11 is 0. The second-order valence-electron chi connectivity index (χ2n) is 5.21. The van der Waals surface area contributed by atoms with Gasteiger partial charge < -0.3 is 10.6 Å². The zero-order chi connectivity index (χ0) is 11.5. The molecule has 0 aromatic rings. The van der Waals surface area contributed by atoms with Crippen LogP contribution in [0, 0.1) is 0 Å². The third kappa shape index (κ3) is 3.80. The van der Waals surface area contributed by atoms with Gasteiger partial charge in [0.1, 0.15) is 0 Å². The highest BCUT2D eigenvalue weighted by Crippen LogP contribution is 2.16. The molecule has 1 saturated heterocycles. The minimum absolute atomic E-state index is 0.0790. The Balaban J connectivity index is 2.52. The minimum Gasteiger partial charge on any atom is -0.351 e. The molecule has 0 bridgehead atoms. The number of carbonyl (C=O) groups is 1. The predicted octanol–water partition coefficient (Wildman–Crippen LogP) is 0.195. The molecule has 0 aliphatic carbocycles. The molecule has 0 aromatic heterocycles. The second kappa shape index (κ2) is 4.94. The van der Waals surface area contributed by atoms with Crippen molar-refractivity contribution < 1.29 is 4.79 Å². The van der Waals surface area contributed by atoms with Crippen LogP contribution in [0.25, 0.3) is 0 Å². The van der Waals surface area contributed by atoms with E-state index < -0.39 is 0 Å². The van der Waals surface area contributed by atoms with Gasteiger partial charge in [-0.3, -0.25) is 9.69 Å². The molecule has 0 radical (unpaired) electrons. The van der Waals surface area contributed by atoms with Crippen LogP contribution in [-0.4, -0.2) is 49.1 Å². The molecule has 1 rings (SSSR count). The van der Waals surface area contributed by atoms with Crippen molar-refractivity contribution in [2.45, 2.75) is 38.8 Å². The average Bonchev–Trinajstić information content (AvgIpc) is 2.12. The summed E-state index contributed by atoms with van der Waals surface area (Å²) in [5.74, 6) is 0.150. The smallest absolute Gasteiger partial charge is 0.234 e. The zero-order valence-corrected chi connectivity index (χ0v) is 10.3. The van der Waals surface area contributed by atoms with Gasteiger partial charge in [-0.1, -0.05) is 0 Å². The summed E-state index contributed by atoms with van der Waals surface area (Å²) in [7, 11) is 1.94. The van der Waals surface area contributed by atoms with E-state index in [-0.39, 0.29) is 17.5 Å². The van der Waals surface area contributed by atoms with Crippen molar-refractivity contribution in [2.75, 3.05) is 26.7 Å². The first-order valence-corrected chi connectivity index (χ1v) is 5.62. The Morgan fingerprint density at radius 2 is 2.20 bits per heavy atom. The molecule has 1 atom stereocenters. The number of nitrogens with one attached hydrogen (secondary N) is 2. The van der Waals surface area contributed by atoms with E-state index in [2.05, 4.69) is 36.3 Å². The summed E-state index contributed by atoms with van der Waals surface area (Å²) in [5, 5.41) is 6.15. The van der Waals surface area contributed by atoms with Crippen LogP contribution >= 0.6 is 0 Å². The first kappa shape index (κ1) is 12.5. The third-order valence-electron chi connectivity index (χ3n) is 2.83. The lowest BCUT2D eigenvalue weighted by Crippen LogP contribution is -2.59.